The second-order valence-electron chi connectivity index (χ2n) is 6.98. The SMILES string of the molecule is CC(C)C(=O)N1CCN(c2ccc(NC(=O)c3cccc(F)c3)cc2)CC1. The van der Waals surface area contributed by atoms with Crippen molar-refractivity contribution >= 4 is 23.2 Å². The molecule has 0 unspecified atom stereocenters. The van der Waals surface area contributed by atoms with Crippen molar-refractivity contribution < 1.29 is 14.0 Å². The van der Waals surface area contributed by atoms with Crippen molar-refractivity contribution in [1.82, 2.24) is 4.90 Å². The Morgan fingerprint density at radius 1 is 1.00 bits per heavy atom. The van der Waals surface area contributed by atoms with E-state index < -0.39 is 5.82 Å². The van der Waals surface area contributed by atoms with Crippen molar-refractivity contribution in [3.05, 3.63) is 59.9 Å². The lowest BCUT2D eigenvalue weighted by Gasteiger charge is -2.37. The Labute approximate surface area is 158 Å². The van der Waals surface area contributed by atoms with Crippen LogP contribution in [0, 0.1) is 11.7 Å². The summed E-state index contributed by atoms with van der Waals surface area (Å²) in [5, 5.41) is 2.77. The largest absolute Gasteiger partial charge is 0.368 e. The van der Waals surface area contributed by atoms with Crippen LogP contribution in [0.25, 0.3) is 0 Å². The Hall–Kier alpha value is -2.89. The summed E-state index contributed by atoms with van der Waals surface area (Å²) in [6, 6.07) is 13.2. The molecule has 3 rings (SSSR count). The highest BCUT2D eigenvalue weighted by atomic mass is 19.1. The van der Waals surface area contributed by atoms with Crippen molar-refractivity contribution in [3.63, 3.8) is 0 Å². The van der Waals surface area contributed by atoms with Crippen molar-refractivity contribution in [1.29, 1.82) is 0 Å². The lowest BCUT2D eigenvalue weighted by molar-refractivity contribution is -0.134. The zero-order chi connectivity index (χ0) is 19.4. The van der Waals surface area contributed by atoms with Crippen molar-refractivity contribution in [2.45, 2.75) is 13.8 Å². The van der Waals surface area contributed by atoms with E-state index >= 15 is 0 Å². The molecule has 0 saturated carbocycles. The molecular formula is C21H24FN3O2. The van der Waals surface area contributed by atoms with E-state index in [-0.39, 0.29) is 23.3 Å². The first-order valence-corrected chi connectivity index (χ1v) is 9.15. The summed E-state index contributed by atoms with van der Waals surface area (Å²) in [7, 11) is 0. The number of nitrogens with one attached hydrogen (secondary N) is 1. The van der Waals surface area contributed by atoms with Gasteiger partial charge in [0.25, 0.3) is 5.91 Å². The average molecular weight is 369 g/mol. The van der Waals surface area contributed by atoms with Gasteiger partial charge in [-0.15, -0.1) is 0 Å². The van der Waals surface area contributed by atoms with E-state index in [0.717, 1.165) is 31.9 Å². The molecule has 0 bridgehead atoms. The Morgan fingerprint density at radius 3 is 2.26 bits per heavy atom. The molecule has 1 fully saturated rings. The maximum absolute atomic E-state index is 13.2. The van der Waals surface area contributed by atoms with Crippen molar-refractivity contribution in [3.8, 4) is 0 Å². The Morgan fingerprint density at radius 2 is 1.67 bits per heavy atom. The molecule has 6 heteroatoms. The average Bonchev–Trinajstić information content (AvgIpc) is 2.68. The summed E-state index contributed by atoms with van der Waals surface area (Å²) in [5.74, 6) is -0.557. The number of halogens is 1. The van der Waals surface area contributed by atoms with Crippen molar-refractivity contribution in [2.75, 3.05) is 36.4 Å². The van der Waals surface area contributed by atoms with E-state index in [1.165, 1.54) is 18.2 Å². The van der Waals surface area contributed by atoms with Gasteiger partial charge in [0, 0.05) is 49.0 Å². The first-order chi connectivity index (χ1) is 12.9. The second kappa shape index (κ2) is 8.20. The molecule has 5 nitrogen and oxygen atoms in total. The van der Waals surface area contributed by atoms with E-state index in [1.54, 1.807) is 6.07 Å². The fourth-order valence-electron chi connectivity index (χ4n) is 3.14. The molecule has 1 aliphatic rings. The Bertz CT molecular complexity index is 812. The first kappa shape index (κ1) is 18.9. The number of piperazine rings is 1. The number of hydrogen-bond donors (Lipinski definition) is 1. The van der Waals surface area contributed by atoms with Gasteiger partial charge in [-0.2, -0.15) is 0 Å². The van der Waals surface area contributed by atoms with Crippen LogP contribution in [0.1, 0.15) is 24.2 Å². The molecule has 0 atom stereocenters. The lowest BCUT2D eigenvalue weighted by atomic mass is 10.1. The maximum Gasteiger partial charge on any atom is 0.255 e. The molecule has 1 saturated heterocycles. The summed E-state index contributed by atoms with van der Waals surface area (Å²) in [6.07, 6.45) is 0. The quantitative estimate of drug-likeness (QED) is 0.899. The van der Waals surface area contributed by atoms with Crippen LogP contribution in [0.3, 0.4) is 0 Å². The van der Waals surface area contributed by atoms with Gasteiger partial charge >= 0.3 is 0 Å². The van der Waals surface area contributed by atoms with Gasteiger partial charge in [0.05, 0.1) is 0 Å². The molecule has 1 heterocycles. The fraction of sp³-hybridized carbons (Fsp3) is 0.333. The van der Waals surface area contributed by atoms with Crippen LogP contribution in [0.4, 0.5) is 15.8 Å². The highest BCUT2D eigenvalue weighted by molar-refractivity contribution is 6.04. The zero-order valence-electron chi connectivity index (χ0n) is 15.6. The smallest absolute Gasteiger partial charge is 0.255 e. The van der Waals surface area contributed by atoms with Crippen molar-refractivity contribution in [2.24, 2.45) is 5.92 Å². The molecule has 0 spiro atoms. The third-order valence-corrected chi connectivity index (χ3v) is 4.66. The number of benzene rings is 2. The number of carbonyl (C=O) groups is 2. The van der Waals surface area contributed by atoms with Crippen LogP contribution in [-0.4, -0.2) is 42.9 Å². The molecule has 0 aromatic heterocycles. The summed E-state index contributed by atoms with van der Waals surface area (Å²) < 4.78 is 13.2. The summed E-state index contributed by atoms with van der Waals surface area (Å²) in [4.78, 5) is 28.4. The standard InChI is InChI=1S/C21H24FN3O2/c1-15(2)21(27)25-12-10-24(11-13-25)19-8-6-18(7-9-19)23-20(26)16-4-3-5-17(22)14-16/h3-9,14-15H,10-13H2,1-2H3,(H,23,26). The summed E-state index contributed by atoms with van der Waals surface area (Å²) >= 11 is 0. The monoisotopic (exact) mass is 369 g/mol. The molecule has 2 amide bonds. The first-order valence-electron chi connectivity index (χ1n) is 9.15. The minimum atomic E-state index is -0.437. The Kier molecular flexibility index (Phi) is 5.74. The van der Waals surface area contributed by atoms with Gasteiger partial charge in [-0.25, -0.2) is 4.39 Å². The summed E-state index contributed by atoms with van der Waals surface area (Å²) in [6.45, 7) is 6.85. The summed E-state index contributed by atoms with van der Waals surface area (Å²) in [5.41, 5.74) is 1.99. The van der Waals surface area contributed by atoms with Gasteiger partial charge in [-0.3, -0.25) is 9.59 Å². The molecule has 142 valence electrons. The highest BCUT2D eigenvalue weighted by Crippen LogP contribution is 2.20. The molecule has 2 aromatic carbocycles. The molecule has 0 aliphatic carbocycles. The molecule has 2 aromatic rings. The van der Waals surface area contributed by atoms with Crippen LogP contribution in [0.15, 0.2) is 48.5 Å². The lowest BCUT2D eigenvalue weighted by Crippen LogP contribution is -2.49. The van der Waals surface area contributed by atoms with Gasteiger partial charge in [0.1, 0.15) is 5.82 Å². The second-order valence-corrected chi connectivity index (χ2v) is 6.98. The van der Waals surface area contributed by atoms with Gasteiger partial charge in [0.15, 0.2) is 0 Å². The van der Waals surface area contributed by atoms with Gasteiger partial charge in [-0.05, 0) is 42.5 Å². The van der Waals surface area contributed by atoms with Gasteiger partial charge in [0.2, 0.25) is 5.91 Å². The van der Waals surface area contributed by atoms with E-state index in [1.807, 2.05) is 43.0 Å². The van der Waals surface area contributed by atoms with Crippen LogP contribution < -0.4 is 10.2 Å². The number of rotatable bonds is 4. The van der Waals surface area contributed by atoms with Crippen LogP contribution >= 0.6 is 0 Å². The van der Waals surface area contributed by atoms with E-state index in [0.29, 0.717) is 5.69 Å². The molecule has 1 N–H and O–H groups in total. The van der Waals surface area contributed by atoms with Crippen LogP contribution in [0.5, 0.6) is 0 Å². The van der Waals surface area contributed by atoms with Crippen LogP contribution in [-0.2, 0) is 4.79 Å². The normalized spacial score (nSPS) is 14.4. The molecule has 1 aliphatic heterocycles. The third kappa shape index (κ3) is 4.64. The number of carbonyl (C=O) groups excluding carboxylic acids is 2. The van der Waals surface area contributed by atoms with E-state index in [9.17, 15) is 14.0 Å². The Balaban J connectivity index is 1.58. The van der Waals surface area contributed by atoms with E-state index in [2.05, 4.69) is 10.2 Å². The number of amides is 2. The molecule has 27 heavy (non-hydrogen) atoms. The third-order valence-electron chi connectivity index (χ3n) is 4.66. The zero-order valence-corrected chi connectivity index (χ0v) is 15.6. The molecule has 0 radical (unpaired) electrons. The highest BCUT2D eigenvalue weighted by Gasteiger charge is 2.22. The van der Waals surface area contributed by atoms with Gasteiger partial charge < -0.3 is 15.1 Å². The number of nitrogens with zero attached hydrogens (tertiary/aromatic N) is 2. The van der Waals surface area contributed by atoms with E-state index in [4.69, 9.17) is 0 Å². The van der Waals surface area contributed by atoms with Gasteiger partial charge in [-0.1, -0.05) is 19.9 Å². The number of anilines is 2. The number of hydrogen-bond acceptors (Lipinski definition) is 3. The fourth-order valence-corrected chi connectivity index (χ4v) is 3.14. The van der Waals surface area contributed by atoms with Crippen LogP contribution in [0.2, 0.25) is 0 Å². The predicted molar refractivity (Wildman–Crippen MR) is 104 cm³/mol. The topological polar surface area (TPSA) is 52.7 Å². The maximum atomic E-state index is 13.2. The minimum Gasteiger partial charge on any atom is -0.368 e. The predicted octanol–water partition coefficient (Wildman–Crippen LogP) is 3.38. The minimum absolute atomic E-state index is 0.0255. The molecular weight excluding hydrogens is 345 g/mol.